The highest BCUT2D eigenvalue weighted by molar-refractivity contribution is 5.94. The van der Waals surface area contributed by atoms with Crippen molar-refractivity contribution in [3.05, 3.63) is 28.8 Å². The van der Waals surface area contributed by atoms with Gasteiger partial charge >= 0.3 is 24.3 Å². The monoisotopic (exact) mass is 426 g/mol. The summed E-state index contributed by atoms with van der Waals surface area (Å²) in [5.74, 6) is -4.41. The van der Waals surface area contributed by atoms with Crippen LogP contribution in [-0.4, -0.2) is 51.0 Å². The first-order valence-corrected chi connectivity index (χ1v) is 8.50. The fraction of sp³-hybridized carbons (Fsp3) is 0.529. The minimum Gasteiger partial charge on any atom is -0.465 e. The van der Waals surface area contributed by atoms with Crippen LogP contribution in [0.3, 0.4) is 0 Å². The van der Waals surface area contributed by atoms with Crippen LogP contribution in [0.4, 0.5) is 32.0 Å². The van der Waals surface area contributed by atoms with Crippen molar-refractivity contribution in [1.29, 1.82) is 0 Å². The van der Waals surface area contributed by atoms with Gasteiger partial charge in [-0.2, -0.15) is 26.3 Å². The predicted octanol–water partition coefficient (Wildman–Crippen LogP) is 3.04. The van der Waals surface area contributed by atoms with Gasteiger partial charge in [0.2, 0.25) is 0 Å². The number of ether oxygens (including phenoxy) is 2. The third-order valence-electron chi connectivity index (χ3n) is 4.75. The van der Waals surface area contributed by atoms with E-state index < -0.39 is 42.9 Å². The van der Waals surface area contributed by atoms with Crippen LogP contribution >= 0.6 is 0 Å². The SMILES string of the molecule is COC(=O)c1ccc2c3c1C(CC(F)(F)F)CN3CCNC2OC(=O)C(F)(F)F. The molecule has 0 fully saturated rings. The Morgan fingerprint density at radius 3 is 2.48 bits per heavy atom. The molecule has 2 heterocycles. The number of nitrogens with zero attached hydrogens (tertiary/aromatic N) is 1. The third kappa shape index (κ3) is 4.26. The van der Waals surface area contributed by atoms with Crippen molar-refractivity contribution < 1.29 is 45.4 Å². The highest BCUT2D eigenvalue weighted by Gasteiger charge is 2.46. The lowest BCUT2D eigenvalue weighted by Gasteiger charge is -2.22. The molecule has 1 aromatic rings. The Morgan fingerprint density at radius 2 is 1.90 bits per heavy atom. The summed E-state index contributed by atoms with van der Waals surface area (Å²) in [7, 11) is 1.07. The molecule has 0 bridgehead atoms. The number of alkyl halides is 6. The van der Waals surface area contributed by atoms with Crippen LogP contribution in [0.15, 0.2) is 12.1 Å². The third-order valence-corrected chi connectivity index (χ3v) is 4.75. The molecule has 0 aliphatic carbocycles. The van der Waals surface area contributed by atoms with E-state index in [2.05, 4.69) is 14.8 Å². The Hall–Kier alpha value is -2.50. The fourth-order valence-corrected chi connectivity index (χ4v) is 3.71. The van der Waals surface area contributed by atoms with Crippen LogP contribution in [0.2, 0.25) is 0 Å². The molecular weight excluding hydrogens is 410 g/mol. The number of halogens is 6. The quantitative estimate of drug-likeness (QED) is 0.592. The summed E-state index contributed by atoms with van der Waals surface area (Å²) in [5.41, 5.74) is 0.133. The molecule has 0 amide bonds. The van der Waals surface area contributed by atoms with Crippen LogP contribution in [0, 0.1) is 0 Å². The standard InChI is InChI=1S/C17H16F6N2O4/c1-28-14(26)9-2-3-10-12-11(9)8(6-16(18,19)20)7-25(12)5-4-24-13(10)29-15(27)17(21,22)23/h2-3,8,13,24H,4-7H2,1H3. The van der Waals surface area contributed by atoms with E-state index in [1.165, 1.54) is 12.1 Å². The van der Waals surface area contributed by atoms with E-state index in [1.807, 2.05) is 0 Å². The van der Waals surface area contributed by atoms with Gasteiger partial charge in [0.05, 0.1) is 19.1 Å². The van der Waals surface area contributed by atoms with Crippen LogP contribution in [0.25, 0.3) is 0 Å². The molecule has 2 atom stereocenters. The smallest absolute Gasteiger partial charge is 0.465 e. The molecule has 29 heavy (non-hydrogen) atoms. The van der Waals surface area contributed by atoms with Gasteiger partial charge in [0.25, 0.3) is 0 Å². The van der Waals surface area contributed by atoms with Crippen molar-refractivity contribution in [2.45, 2.75) is 30.9 Å². The molecule has 2 aliphatic heterocycles. The molecule has 2 unspecified atom stereocenters. The summed E-state index contributed by atoms with van der Waals surface area (Å²) in [6, 6.07) is 2.43. The maximum atomic E-state index is 13.1. The molecule has 3 rings (SSSR count). The summed E-state index contributed by atoms with van der Waals surface area (Å²) in [6.07, 6.45) is -12.5. The lowest BCUT2D eigenvalue weighted by molar-refractivity contribution is -0.206. The van der Waals surface area contributed by atoms with E-state index in [1.54, 1.807) is 4.90 Å². The number of carbonyl (C=O) groups is 2. The van der Waals surface area contributed by atoms with Gasteiger partial charge in [0.15, 0.2) is 6.23 Å². The highest BCUT2D eigenvalue weighted by atomic mass is 19.4. The Bertz CT molecular complexity index is 823. The first-order valence-electron chi connectivity index (χ1n) is 8.50. The normalized spacial score (nSPS) is 21.4. The lowest BCUT2D eigenvalue weighted by Crippen LogP contribution is -2.34. The lowest BCUT2D eigenvalue weighted by atomic mass is 9.90. The van der Waals surface area contributed by atoms with Gasteiger partial charge in [-0.3, -0.25) is 5.32 Å². The van der Waals surface area contributed by atoms with E-state index in [0.717, 1.165) is 7.11 Å². The zero-order valence-electron chi connectivity index (χ0n) is 15.0. The minimum atomic E-state index is -5.23. The molecule has 6 nitrogen and oxygen atoms in total. The van der Waals surface area contributed by atoms with Crippen LogP contribution in [0.5, 0.6) is 0 Å². The molecule has 0 aromatic heterocycles. The van der Waals surface area contributed by atoms with Gasteiger partial charge < -0.3 is 14.4 Å². The Balaban J connectivity index is 2.10. The zero-order chi connectivity index (χ0) is 21.6. The molecule has 1 aromatic carbocycles. The number of methoxy groups -OCH3 is 1. The van der Waals surface area contributed by atoms with Crippen LogP contribution in [0.1, 0.15) is 40.1 Å². The summed E-state index contributed by atoms with van der Waals surface area (Å²) in [5, 5.41) is 2.63. The molecular formula is C17H16F6N2O4. The Kier molecular flexibility index (Phi) is 5.41. The average Bonchev–Trinajstić information content (AvgIpc) is 2.85. The van der Waals surface area contributed by atoms with Gasteiger partial charge in [0, 0.05) is 36.8 Å². The van der Waals surface area contributed by atoms with E-state index in [-0.39, 0.29) is 42.0 Å². The molecule has 12 heteroatoms. The predicted molar refractivity (Wildman–Crippen MR) is 86.3 cm³/mol. The number of hydrogen-bond acceptors (Lipinski definition) is 6. The molecule has 0 saturated carbocycles. The van der Waals surface area contributed by atoms with Crippen molar-refractivity contribution in [3.63, 3.8) is 0 Å². The van der Waals surface area contributed by atoms with Gasteiger partial charge in [0.1, 0.15) is 0 Å². The molecule has 0 spiro atoms. The summed E-state index contributed by atoms with van der Waals surface area (Å²) in [4.78, 5) is 24.9. The first kappa shape index (κ1) is 21.2. The second-order valence-electron chi connectivity index (χ2n) is 6.66. The number of rotatable bonds is 3. The second-order valence-corrected chi connectivity index (χ2v) is 6.66. The van der Waals surface area contributed by atoms with E-state index >= 15 is 0 Å². The number of carbonyl (C=O) groups excluding carboxylic acids is 2. The first-order chi connectivity index (χ1) is 13.4. The number of esters is 2. The average molecular weight is 426 g/mol. The molecule has 1 N–H and O–H groups in total. The minimum absolute atomic E-state index is 0.0310. The maximum Gasteiger partial charge on any atom is 0.490 e. The second kappa shape index (κ2) is 7.39. The zero-order valence-corrected chi connectivity index (χ0v) is 15.0. The van der Waals surface area contributed by atoms with Crippen LogP contribution < -0.4 is 10.2 Å². The molecule has 0 radical (unpaired) electrons. The van der Waals surface area contributed by atoms with Crippen molar-refractivity contribution in [1.82, 2.24) is 5.32 Å². The van der Waals surface area contributed by atoms with Gasteiger partial charge in [-0.1, -0.05) is 6.07 Å². The molecule has 0 saturated heterocycles. The number of benzene rings is 1. The summed E-state index contributed by atoms with van der Waals surface area (Å²) < 4.78 is 86.3. The van der Waals surface area contributed by atoms with Gasteiger partial charge in [-0.05, 0) is 11.6 Å². The van der Waals surface area contributed by atoms with E-state index in [9.17, 15) is 35.9 Å². The van der Waals surface area contributed by atoms with Crippen molar-refractivity contribution >= 4 is 17.6 Å². The van der Waals surface area contributed by atoms with Gasteiger partial charge in [-0.15, -0.1) is 0 Å². The number of anilines is 1. The number of hydrogen-bond donors (Lipinski definition) is 1. The molecule has 160 valence electrons. The Morgan fingerprint density at radius 1 is 1.21 bits per heavy atom. The number of nitrogens with one attached hydrogen (secondary N) is 1. The summed E-state index contributed by atoms with van der Waals surface area (Å²) in [6.45, 7) is 0.118. The maximum absolute atomic E-state index is 13.1. The summed E-state index contributed by atoms with van der Waals surface area (Å²) >= 11 is 0. The van der Waals surface area contributed by atoms with Crippen LogP contribution in [-0.2, 0) is 14.3 Å². The molecule has 2 aliphatic rings. The van der Waals surface area contributed by atoms with Crippen molar-refractivity contribution in [3.8, 4) is 0 Å². The van der Waals surface area contributed by atoms with Crippen molar-refractivity contribution in [2.75, 3.05) is 31.6 Å². The largest absolute Gasteiger partial charge is 0.490 e. The van der Waals surface area contributed by atoms with E-state index in [0.29, 0.717) is 0 Å². The van der Waals surface area contributed by atoms with Gasteiger partial charge in [-0.25, -0.2) is 9.59 Å². The highest BCUT2D eigenvalue weighted by Crippen LogP contribution is 2.48. The topological polar surface area (TPSA) is 67.9 Å². The Labute approximate surface area is 160 Å². The fourth-order valence-electron chi connectivity index (χ4n) is 3.71. The van der Waals surface area contributed by atoms with Crippen molar-refractivity contribution in [2.24, 2.45) is 0 Å². The van der Waals surface area contributed by atoms with E-state index in [4.69, 9.17) is 0 Å².